The Morgan fingerprint density at radius 3 is 2.90 bits per heavy atom. The van der Waals surface area contributed by atoms with E-state index in [0.29, 0.717) is 11.8 Å². The van der Waals surface area contributed by atoms with Crippen LogP contribution in [0.2, 0.25) is 0 Å². The maximum Gasteiger partial charge on any atom is 0.129 e. The highest BCUT2D eigenvalue weighted by Gasteiger charge is 2.31. The van der Waals surface area contributed by atoms with Gasteiger partial charge in [0, 0.05) is 37.3 Å². The monoisotopic (exact) mass is 293 g/mol. The normalized spacial score (nSPS) is 23.4. The van der Waals surface area contributed by atoms with Crippen LogP contribution in [0.25, 0.3) is 0 Å². The lowest BCUT2D eigenvalue weighted by Gasteiger charge is -2.38. The van der Waals surface area contributed by atoms with Crippen molar-refractivity contribution in [2.45, 2.75) is 44.5 Å². The molecule has 3 rings (SSSR count). The first-order valence-corrected chi connectivity index (χ1v) is 8.26. The second kappa shape index (κ2) is 5.90. The van der Waals surface area contributed by atoms with Crippen molar-refractivity contribution < 1.29 is 0 Å². The molecule has 0 N–H and O–H groups in total. The summed E-state index contributed by atoms with van der Waals surface area (Å²) in [6.45, 7) is 9.06. The van der Waals surface area contributed by atoms with Gasteiger partial charge < -0.3 is 4.90 Å². The first-order chi connectivity index (χ1) is 9.67. The van der Waals surface area contributed by atoms with Crippen molar-refractivity contribution in [2.75, 3.05) is 31.1 Å². The summed E-state index contributed by atoms with van der Waals surface area (Å²) in [5.74, 6) is 2.14. The second-order valence-electron chi connectivity index (χ2n) is 6.32. The fourth-order valence-corrected chi connectivity index (χ4v) is 3.48. The molecule has 0 radical (unpaired) electrons. The van der Waals surface area contributed by atoms with E-state index in [0.717, 1.165) is 30.6 Å². The van der Waals surface area contributed by atoms with Gasteiger partial charge in [-0.15, -0.1) is 11.6 Å². The predicted molar refractivity (Wildman–Crippen MR) is 84.7 cm³/mol. The van der Waals surface area contributed by atoms with Crippen LogP contribution in [0.3, 0.4) is 0 Å². The fourth-order valence-electron chi connectivity index (χ4n) is 3.33. The molecule has 0 bridgehead atoms. The van der Waals surface area contributed by atoms with Crippen LogP contribution in [-0.4, -0.2) is 42.1 Å². The van der Waals surface area contributed by atoms with Crippen molar-refractivity contribution in [1.29, 1.82) is 0 Å². The Hall–Kier alpha value is -0.800. The molecule has 20 heavy (non-hydrogen) atoms. The number of aromatic nitrogens is 1. The Morgan fingerprint density at radius 1 is 1.30 bits per heavy atom. The molecule has 0 aromatic carbocycles. The van der Waals surface area contributed by atoms with Crippen LogP contribution in [-0.2, 0) is 5.88 Å². The van der Waals surface area contributed by atoms with Crippen LogP contribution in [0, 0.1) is 0 Å². The van der Waals surface area contributed by atoms with Crippen molar-refractivity contribution in [3.8, 4) is 0 Å². The molecule has 0 aliphatic carbocycles. The van der Waals surface area contributed by atoms with Crippen LogP contribution < -0.4 is 4.90 Å². The number of hydrogen-bond acceptors (Lipinski definition) is 3. The summed E-state index contributed by atoms with van der Waals surface area (Å²) >= 11 is 6.05. The van der Waals surface area contributed by atoms with Crippen LogP contribution in [0.15, 0.2) is 12.1 Å². The molecule has 1 unspecified atom stereocenters. The summed E-state index contributed by atoms with van der Waals surface area (Å²) in [7, 11) is 0. The molecule has 4 heteroatoms. The Morgan fingerprint density at radius 2 is 2.15 bits per heavy atom. The van der Waals surface area contributed by atoms with Crippen LogP contribution in [0.1, 0.15) is 43.9 Å². The largest absolute Gasteiger partial charge is 0.354 e. The van der Waals surface area contributed by atoms with Crippen molar-refractivity contribution >= 4 is 17.4 Å². The lowest BCUT2D eigenvalue weighted by molar-refractivity contribution is 0.230. The quantitative estimate of drug-likeness (QED) is 0.798. The van der Waals surface area contributed by atoms with Crippen molar-refractivity contribution in [2.24, 2.45) is 0 Å². The highest BCUT2D eigenvalue weighted by atomic mass is 35.5. The third-order valence-corrected chi connectivity index (χ3v) is 4.86. The topological polar surface area (TPSA) is 19.4 Å². The summed E-state index contributed by atoms with van der Waals surface area (Å²) < 4.78 is 0. The van der Waals surface area contributed by atoms with Gasteiger partial charge in [-0.1, -0.05) is 13.8 Å². The zero-order valence-corrected chi connectivity index (χ0v) is 13.2. The van der Waals surface area contributed by atoms with E-state index in [4.69, 9.17) is 16.6 Å². The molecule has 0 saturated carbocycles. The lowest BCUT2D eigenvalue weighted by Crippen LogP contribution is -2.50. The van der Waals surface area contributed by atoms with Gasteiger partial charge in [0.1, 0.15) is 5.82 Å². The Labute approximate surface area is 126 Å². The molecule has 1 aromatic rings. The van der Waals surface area contributed by atoms with Gasteiger partial charge in [-0.2, -0.15) is 0 Å². The predicted octanol–water partition coefficient (Wildman–Crippen LogP) is 3.23. The lowest BCUT2D eigenvalue weighted by atomic mass is 10.1. The number of pyridine rings is 1. The highest BCUT2D eigenvalue weighted by Crippen LogP contribution is 2.27. The van der Waals surface area contributed by atoms with Gasteiger partial charge in [0.15, 0.2) is 0 Å². The molecule has 2 saturated heterocycles. The summed E-state index contributed by atoms with van der Waals surface area (Å²) in [4.78, 5) is 9.95. The van der Waals surface area contributed by atoms with Gasteiger partial charge >= 0.3 is 0 Å². The van der Waals surface area contributed by atoms with Gasteiger partial charge in [0.05, 0.1) is 0 Å². The summed E-state index contributed by atoms with van der Waals surface area (Å²) in [6.07, 6.45) is 2.69. The number of rotatable bonds is 3. The number of anilines is 1. The average molecular weight is 294 g/mol. The molecular formula is C16H24ClN3. The third-order valence-electron chi connectivity index (χ3n) is 4.55. The fraction of sp³-hybridized carbons (Fsp3) is 0.688. The Kier molecular flexibility index (Phi) is 4.18. The Bertz CT molecular complexity index is 475. The minimum atomic E-state index is 0.449. The van der Waals surface area contributed by atoms with Gasteiger partial charge in [-0.25, -0.2) is 4.98 Å². The van der Waals surface area contributed by atoms with Crippen molar-refractivity contribution in [3.05, 3.63) is 23.4 Å². The van der Waals surface area contributed by atoms with E-state index in [1.54, 1.807) is 0 Å². The van der Waals surface area contributed by atoms with Crippen LogP contribution in [0.4, 0.5) is 5.82 Å². The average Bonchev–Trinajstić information content (AvgIpc) is 2.94. The van der Waals surface area contributed by atoms with Crippen molar-refractivity contribution in [1.82, 2.24) is 9.88 Å². The van der Waals surface area contributed by atoms with E-state index in [-0.39, 0.29) is 0 Å². The molecular weight excluding hydrogens is 270 g/mol. The first-order valence-electron chi connectivity index (χ1n) is 7.73. The number of hydrogen-bond donors (Lipinski definition) is 0. The summed E-state index contributed by atoms with van der Waals surface area (Å²) in [6, 6.07) is 5.05. The number of fused-ring (bicyclic) bond motifs is 1. The molecule has 2 fully saturated rings. The highest BCUT2D eigenvalue weighted by molar-refractivity contribution is 6.17. The molecule has 1 atom stereocenters. The maximum atomic E-state index is 6.05. The number of nitrogens with zero attached hydrogens (tertiary/aromatic N) is 3. The minimum Gasteiger partial charge on any atom is -0.354 e. The van der Waals surface area contributed by atoms with E-state index in [9.17, 15) is 0 Å². The molecule has 110 valence electrons. The van der Waals surface area contributed by atoms with E-state index in [1.165, 1.54) is 31.5 Å². The van der Waals surface area contributed by atoms with Gasteiger partial charge in [-0.3, -0.25) is 4.90 Å². The summed E-state index contributed by atoms with van der Waals surface area (Å²) in [5, 5.41) is 0. The number of halogens is 1. The van der Waals surface area contributed by atoms with Crippen molar-refractivity contribution in [3.63, 3.8) is 0 Å². The molecule has 0 spiro atoms. The number of piperazine rings is 1. The van der Waals surface area contributed by atoms with E-state index >= 15 is 0 Å². The maximum absolute atomic E-state index is 6.05. The zero-order chi connectivity index (χ0) is 14.1. The Balaban J connectivity index is 1.83. The molecule has 0 amide bonds. The van der Waals surface area contributed by atoms with Gasteiger partial charge in [-0.05, 0) is 43.0 Å². The molecule has 3 nitrogen and oxygen atoms in total. The third kappa shape index (κ3) is 2.79. The number of alkyl halides is 1. The SMILES string of the molecule is CC(C)c1cc(CCl)cc(N2CCN3CCCC3C2)n1. The summed E-state index contributed by atoms with van der Waals surface area (Å²) in [5.41, 5.74) is 2.35. The molecule has 2 aliphatic rings. The van der Waals surface area contributed by atoms with E-state index in [2.05, 4.69) is 35.8 Å². The smallest absolute Gasteiger partial charge is 0.129 e. The van der Waals surface area contributed by atoms with Crippen LogP contribution in [0.5, 0.6) is 0 Å². The van der Waals surface area contributed by atoms with E-state index < -0.39 is 0 Å². The second-order valence-corrected chi connectivity index (χ2v) is 6.59. The zero-order valence-electron chi connectivity index (χ0n) is 12.5. The minimum absolute atomic E-state index is 0.449. The molecule has 2 aliphatic heterocycles. The van der Waals surface area contributed by atoms with E-state index in [1.807, 2.05) is 0 Å². The van der Waals surface area contributed by atoms with Gasteiger partial charge in [0.2, 0.25) is 0 Å². The standard InChI is InChI=1S/C16H24ClN3/c1-12(2)15-8-13(10-17)9-16(18-15)20-7-6-19-5-3-4-14(19)11-20/h8-9,12,14H,3-7,10-11H2,1-2H3. The molecule has 1 aromatic heterocycles. The first kappa shape index (κ1) is 14.2. The molecule has 3 heterocycles. The van der Waals surface area contributed by atoms with Gasteiger partial charge in [0.25, 0.3) is 0 Å². The van der Waals surface area contributed by atoms with Crippen LogP contribution >= 0.6 is 11.6 Å².